The maximum absolute atomic E-state index is 12.5. The van der Waals surface area contributed by atoms with Crippen LogP contribution >= 0.6 is 0 Å². The summed E-state index contributed by atoms with van der Waals surface area (Å²) in [6, 6.07) is 0. The first-order valence-corrected chi connectivity index (χ1v) is 14.5. The maximum Gasteiger partial charge on any atom is 0.331 e. The molecule has 206 valence electrons. The van der Waals surface area contributed by atoms with E-state index in [1.165, 1.54) is 0 Å². The second-order valence-corrected chi connectivity index (χ2v) is 13.0. The molecule has 6 rings (SSSR count). The lowest BCUT2D eigenvalue weighted by Gasteiger charge is -2.65. The smallest absolute Gasteiger partial charge is 0.331 e. The molecule has 2 aliphatic heterocycles. The maximum atomic E-state index is 12.5. The van der Waals surface area contributed by atoms with Gasteiger partial charge in [0.15, 0.2) is 0 Å². The zero-order valence-corrected chi connectivity index (χ0v) is 22.2. The Bertz CT molecular complexity index is 964. The summed E-state index contributed by atoms with van der Waals surface area (Å²) in [5, 5.41) is 35.2. The lowest BCUT2D eigenvalue weighted by atomic mass is 9.41. The number of carbonyl (C=O) groups is 1. The number of hydrogen-bond acceptors (Lipinski definition) is 8. The van der Waals surface area contributed by atoms with Gasteiger partial charge in [0.1, 0.15) is 6.61 Å². The third-order valence-electron chi connectivity index (χ3n) is 11.6. The van der Waals surface area contributed by atoms with Gasteiger partial charge in [-0.2, -0.15) is 0 Å². The topological polar surface area (TPSA) is 112 Å². The molecule has 8 atom stereocenters. The summed E-state index contributed by atoms with van der Waals surface area (Å²) in [6.07, 6.45) is 9.65. The number of fused-ring (bicyclic) bond motifs is 5. The van der Waals surface area contributed by atoms with Crippen LogP contribution in [0.25, 0.3) is 0 Å². The van der Waals surface area contributed by atoms with Crippen molar-refractivity contribution in [2.45, 2.75) is 82.0 Å². The Morgan fingerprint density at radius 1 is 1.08 bits per heavy atom. The third-order valence-corrected chi connectivity index (χ3v) is 11.6. The summed E-state index contributed by atoms with van der Waals surface area (Å²) in [4.78, 5) is 19.2. The lowest BCUT2D eigenvalue weighted by Crippen LogP contribution is -2.68. The van der Waals surface area contributed by atoms with E-state index in [1.807, 2.05) is 0 Å². The van der Waals surface area contributed by atoms with Crippen molar-refractivity contribution in [1.29, 1.82) is 0 Å². The van der Waals surface area contributed by atoms with E-state index in [-0.39, 0.29) is 29.1 Å². The molecule has 4 saturated carbocycles. The molecule has 8 nitrogen and oxygen atoms in total. The zero-order chi connectivity index (χ0) is 25.9. The normalized spacial score (nSPS) is 48.3. The monoisotopic (exact) mass is 516 g/mol. The van der Waals surface area contributed by atoms with Crippen LogP contribution in [0.15, 0.2) is 16.6 Å². The van der Waals surface area contributed by atoms with Crippen molar-refractivity contribution in [3.63, 3.8) is 0 Å². The Labute approximate surface area is 220 Å². The number of esters is 1. The number of aliphatic hydroxyl groups excluding tert-OH is 1. The van der Waals surface area contributed by atoms with Gasteiger partial charge in [0.05, 0.1) is 37.1 Å². The van der Waals surface area contributed by atoms with E-state index < -0.39 is 22.7 Å². The average molecular weight is 517 g/mol. The molecule has 2 heterocycles. The molecular formula is C29H44N2O6. The Morgan fingerprint density at radius 2 is 1.86 bits per heavy atom. The van der Waals surface area contributed by atoms with Gasteiger partial charge in [-0.3, -0.25) is 9.89 Å². The first-order valence-electron chi connectivity index (χ1n) is 14.5. The molecule has 3 N–H and O–H groups in total. The van der Waals surface area contributed by atoms with Crippen LogP contribution < -0.4 is 0 Å². The van der Waals surface area contributed by atoms with E-state index in [0.29, 0.717) is 45.3 Å². The number of cyclic esters (lactones) is 1. The minimum atomic E-state index is -0.995. The molecule has 0 aromatic heterocycles. The predicted molar refractivity (Wildman–Crippen MR) is 138 cm³/mol. The minimum Gasteiger partial charge on any atom is -0.458 e. The summed E-state index contributed by atoms with van der Waals surface area (Å²) in [7, 11) is 0. The van der Waals surface area contributed by atoms with Crippen molar-refractivity contribution >= 4 is 12.2 Å². The quantitative estimate of drug-likeness (QED) is 0.379. The number of rotatable bonds is 5. The number of ether oxygens (including phenoxy) is 2. The third kappa shape index (κ3) is 3.96. The molecule has 1 saturated heterocycles. The Kier molecular flexibility index (Phi) is 6.59. The molecule has 5 fully saturated rings. The number of aliphatic hydroxyl groups is 3. The van der Waals surface area contributed by atoms with Crippen LogP contribution in [0.1, 0.15) is 64.7 Å². The van der Waals surface area contributed by atoms with Crippen LogP contribution in [0.4, 0.5) is 0 Å². The van der Waals surface area contributed by atoms with Gasteiger partial charge in [0.25, 0.3) is 0 Å². The minimum absolute atomic E-state index is 0.0658. The van der Waals surface area contributed by atoms with Crippen molar-refractivity contribution in [3.05, 3.63) is 11.6 Å². The van der Waals surface area contributed by atoms with Crippen LogP contribution in [0.2, 0.25) is 0 Å². The van der Waals surface area contributed by atoms with Gasteiger partial charge in [-0.1, -0.05) is 6.92 Å². The van der Waals surface area contributed by atoms with Gasteiger partial charge in [0.2, 0.25) is 0 Å². The molecule has 0 bridgehead atoms. The van der Waals surface area contributed by atoms with E-state index >= 15 is 0 Å². The SMILES string of the molecule is CC12CCC3C(CCC4(O)CC(O)CCC34C=NCCN3CCOCC3)C1(O)CCC2C1=CC(=O)OC1. The summed E-state index contributed by atoms with van der Waals surface area (Å²) in [5.41, 5.74) is -1.65. The van der Waals surface area contributed by atoms with Gasteiger partial charge in [-0.05, 0) is 74.7 Å². The summed E-state index contributed by atoms with van der Waals surface area (Å²) >= 11 is 0. The molecule has 6 aliphatic rings. The van der Waals surface area contributed by atoms with Crippen molar-refractivity contribution in [1.82, 2.24) is 4.90 Å². The van der Waals surface area contributed by atoms with E-state index in [4.69, 9.17) is 14.5 Å². The molecule has 37 heavy (non-hydrogen) atoms. The van der Waals surface area contributed by atoms with Gasteiger partial charge in [-0.15, -0.1) is 0 Å². The highest BCUT2D eigenvalue weighted by atomic mass is 16.5. The summed E-state index contributed by atoms with van der Waals surface area (Å²) in [6.45, 7) is 7.53. The summed E-state index contributed by atoms with van der Waals surface area (Å²) < 4.78 is 10.7. The summed E-state index contributed by atoms with van der Waals surface area (Å²) in [5.74, 6) is 0.0738. The lowest BCUT2D eigenvalue weighted by molar-refractivity contribution is -0.237. The van der Waals surface area contributed by atoms with E-state index in [1.54, 1.807) is 6.08 Å². The molecule has 0 aromatic rings. The molecule has 8 heteroatoms. The number of hydrogen-bond donors (Lipinski definition) is 3. The number of morpholine rings is 1. The van der Waals surface area contributed by atoms with E-state index in [0.717, 1.165) is 64.1 Å². The van der Waals surface area contributed by atoms with Crippen molar-refractivity contribution in [2.75, 3.05) is 46.0 Å². The highest BCUT2D eigenvalue weighted by Crippen LogP contribution is 2.70. The molecule has 0 spiro atoms. The van der Waals surface area contributed by atoms with Crippen LogP contribution in [-0.4, -0.2) is 95.7 Å². The molecule has 0 aromatic carbocycles. The predicted octanol–water partition coefficient (Wildman–Crippen LogP) is 2.10. The fourth-order valence-electron chi connectivity index (χ4n) is 9.61. The highest BCUT2D eigenvalue weighted by Gasteiger charge is 2.71. The molecule has 8 unspecified atom stereocenters. The Balaban J connectivity index is 1.28. The number of nitrogens with zero attached hydrogens (tertiary/aromatic N) is 2. The number of carbonyl (C=O) groups excluding carboxylic acids is 1. The van der Waals surface area contributed by atoms with Crippen LogP contribution in [0.5, 0.6) is 0 Å². The standard InChI is InChI=1S/C29H44N2O6/c1-26-6-3-23-24(29(26,35)9-5-22(26)20-16-25(33)37-18-20)4-8-28(34)17-21(32)2-7-27(23,28)19-30-10-11-31-12-14-36-15-13-31/h16,19,21-24,32,34-35H,2-15,17-18H2,1H3. The molecular weight excluding hydrogens is 472 g/mol. The van der Waals surface area contributed by atoms with E-state index in [2.05, 4.69) is 18.0 Å². The Morgan fingerprint density at radius 3 is 2.62 bits per heavy atom. The Hall–Kier alpha value is -1.32. The molecule has 0 radical (unpaired) electrons. The second-order valence-electron chi connectivity index (χ2n) is 13.0. The van der Waals surface area contributed by atoms with Gasteiger partial charge < -0.3 is 24.8 Å². The van der Waals surface area contributed by atoms with Crippen molar-refractivity contribution in [3.8, 4) is 0 Å². The van der Waals surface area contributed by atoms with Crippen LogP contribution in [0.3, 0.4) is 0 Å². The fraction of sp³-hybridized carbons (Fsp3) is 0.862. The largest absolute Gasteiger partial charge is 0.458 e. The zero-order valence-electron chi connectivity index (χ0n) is 22.2. The fourth-order valence-corrected chi connectivity index (χ4v) is 9.61. The van der Waals surface area contributed by atoms with Crippen molar-refractivity contribution < 1.29 is 29.6 Å². The van der Waals surface area contributed by atoms with Gasteiger partial charge in [-0.25, -0.2) is 4.79 Å². The van der Waals surface area contributed by atoms with Crippen LogP contribution in [0, 0.1) is 28.6 Å². The molecule has 4 aliphatic carbocycles. The van der Waals surface area contributed by atoms with Crippen LogP contribution in [-0.2, 0) is 14.3 Å². The highest BCUT2D eigenvalue weighted by molar-refractivity contribution is 5.85. The number of aliphatic imine (C=N–C) groups is 1. The first-order chi connectivity index (χ1) is 17.7. The first kappa shape index (κ1) is 25.9. The van der Waals surface area contributed by atoms with Gasteiger partial charge >= 0.3 is 5.97 Å². The van der Waals surface area contributed by atoms with Crippen molar-refractivity contribution in [2.24, 2.45) is 33.6 Å². The van der Waals surface area contributed by atoms with Gasteiger partial charge in [0, 0.05) is 49.2 Å². The van der Waals surface area contributed by atoms with E-state index in [9.17, 15) is 20.1 Å². The second kappa shape index (κ2) is 9.40. The average Bonchev–Trinajstić information content (AvgIpc) is 3.42. The molecule has 0 amide bonds.